The van der Waals surface area contributed by atoms with Crippen LogP contribution in [0.25, 0.3) is 11.2 Å². The molecule has 1 aliphatic rings. The third-order valence-corrected chi connectivity index (χ3v) is 5.16. The number of carbonyl (C=O) groups excluding carboxylic acids is 1. The van der Waals surface area contributed by atoms with E-state index in [2.05, 4.69) is 9.97 Å². The van der Waals surface area contributed by atoms with Crippen LogP contribution in [0, 0.1) is 0 Å². The fourth-order valence-electron chi connectivity index (χ4n) is 3.69. The van der Waals surface area contributed by atoms with Crippen LogP contribution in [0.5, 0.6) is 0 Å². The van der Waals surface area contributed by atoms with Crippen LogP contribution in [-0.2, 0) is 30.3 Å². The van der Waals surface area contributed by atoms with E-state index in [0.29, 0.717) is 31.6 Å². The van der Waals surface area contributed by atoms with Crippen LogP contribution in [-0.4, -0.2) is 64.2 Å². The van der Waals surface area contributed by atoms with E-state index in [0.717, 1.165) is 6.42 Å². The molecule has 0 aromatic carbocycles. The minimum absolute atomic E-state index is 0.120. The first-order valence-corrected chi connectivity index (χ1v) is 9.78. The second-order valence-electron chi connectivity index (χ2n) is 6.99. The number of ether oxygens (including phenoxy) is 4. The van der Waals surface area contributed by atoms with Gasteiger partial charge in [-0.25, -0.2) is 9.97 Å². The summed E-state index contributed by atoms with van der Waals surface area (Å²) in [6.07, 6.45) is 4.04. The number of nitrogens with zero attached hydrogens (tertiary/aromatic N) is 4. The van der Waals surface area contributed by atoms with Crippen molar-refractivity contribution in [3.8, 4) is 0 Å². The maximum absolute atomic E-state index is 12.8. The van der Waals surface area contributed by atoms with E-state index < -0.39 is 6.23 Å². The zero-order valence-corrected chi connectivity index (χ0v) is 17.2. The largest absolute Gasteiger partial charge is 0.466 e. The van der Waals surface area contributed by atoms with E-state index in [1.54, 1.807) is 25.1 Å². The van der Waals surface area contributed by atoms with E-state index in [1.165, 1.54) is 17.8 Å². The Kier molecular flexibility index (Phi) is 6.99. The number of methoxy groups -OCH3 is 2. The standard InChI is InChI=1S/C19H28N4O6/c1-5-13-15(26-3)16(27-4)19(29-13)23-11-20-14-17(23)21-10-22(18(14)25)8-6-7-9-28-12(2)24/h10-11,13,15-16,19H,5-9H2,1-4H3/t13-,15+,16?,19-/m1/s1. The van der Waals surface area contributed by atoms with E-state index >= 15 is 0 Å². The third kappa shape index (κ3) is 4.34. The minimum Gasteiger partial charge on any atom is -0.466 e. The SMILES string of the molecule is CC[C@H]1O[C@@H](n2cnc3c(=O)n(CCCCOC(C)=O)cnc32)C(OC)[C@H]1OC. The number of aryl methyl sites for hydroxylation is 1. The molecule has 1 saturated heterocycles. The van der Waals surface area contributed by atoms with Crippen molar-refractivity contribution in [1.29, 1.82) is 0 Å². The minimum atomic E-state index is -0.480. The third-order valence-electron chi connectivity index (χ3n) is 5.16. The molecule has 1 fully saturated rings. The predicted octanol–water partition coefficient (Wildman–Crippen LogP) is 1.27. The molecule has 0 saturated carbocycles. The van der Waals surface area contributed by atoms with Gasteiger partial charge in [0.25, 0.3) is 5.56 Å². The highest BCUT2D eigenvalue weighted by Gasteiger charge is 2.46. The number of rotatable bonds is 9. The van der Waals surface area contributed by atoms with Gasteiger partial charge in [-0.3, -0.25) is 18.7 Å². The first-order valence-electron chi connectivity index (χ1n) is 9.78. The first-order chi connectivity index (χ1) is 14.0. The molecule has 0 bridgehead atoms. The molecule has 1 unspecified atom stereocenters. The van der Waals surface area contributed by atoms with Gasteiger partial charge in [-0.2, -0.15) is 0 Å². The second kappa shape index (κ2) is 9.47. The second-order valence-corrected chi connectivity index (χ2v) is 6.99. The van der Waals surface area contributed by atoms with Crippen molar-refractivity contribution in [2.45, 2.75) is 64.2 Å². The lowest BCUT2D eigenvalue weighted by atomic mass is 10.1. The molecule has 0 spiro atoms. The van der Waals surface area contributed by atoms with Crippen molar-refractivity contribution >= 4 is 17.1 Å². The molecule has 1 aliphatic heterocycles. The molecule has 10 heteroatoms. The molecule has 0 N–H and O–H groups in total. The lowest BCUT2D eigenvalue weighted by molar-refractivity contribution is -0.141. The predicted molar refractivity (Wildman–Crippen MR) is 103 cm³/mol. The zero-order valence-electron chi connectivity index (χ0n) is 17.2. The van der Waals surface area contributed by atoms with Gasteiger partial charge in [0.1, 0.15) is 18.5 Å². The molecule has 2 aromatic rings. The summed E-state index contributed by atoms with van der Waals surface area (Å²) in [6, 6.07) is 0. The number of unbranched alkanes of at least 4 members (excludes halogenated alkanes) is 1. The van der Waals surface area contributed by atoms with Crippen LogP contribution >= 0.6 is 0 Å². The summed E-state index contributed by atoms with van der Waals surface area (Å²) in [6.45, 7) is 4.21. The van der Waals surface area contributed by atoms with Crippen molar-refractivity contribution in [3.05, 3.63) is 23.0 Å². The number of fused-ring (bicyclic) bond motifs is 1. The number of aromatic nitrogens is 4. The zero-order chi connectivity index (χ0) is 21.0. The van der Waals surface area contributed by atoms with Gasteiger partial charge >= 0.3 is 5.97 Å². The molecule has 0 amide bonds. The molecule has 4 atom stereocenters. The Morgan fingerprint density at radius 1 is 1.17 bits per heavy atom. The molecular formula is C19H28N4O6. The van der Waals surface area contributed by atoms with Crippen LogP contribution in [0.2, 0.25) is 0 Å². The maximum atomic E-state index is 12.8. The van der Waals surface area contributed by atoms with Gasteiger partial charge in [-0.1, -0.05) is 6.92 Å². The Labute approximate surface area is 168 Å². The summed E-state index contributed by atoms with van der Waals surface area (Å²) >= 11 is 0. The fourth-order valence-corrected chi connectivity index (χ4v) is 3.69. The van der Waals surface area contributed by atoms with Gasteiger partial charge in [0, 0.05) is 27.7 Å². The number of hydrogen-bond acceptors (Lipinski definition) is 8. The molecule has 10 nitrogen and oxygen atoms in total. The normalized spacial score (nSPS) is 24.3. The van der Waals surface area contributed by atoms with E-state index in [1.807, 2.05) is 6.92 Å². The topological polar surface area (TPSA) is 107 Å². The highest BCUT2D eigenvalue weighted by molar-refractivity contribution is 5.69. The number of hydrogen-bond donors (Lipinski definition) is 0. The molecule has 2 aromatic heterocycles. The molecule has 3 rings (SSSR count). The van der Waals surface area contributed by atoms with Crippen LogP contribution < -0.4 is 5.56 Å². The van der Waals surface area contributed by atoms with Crippen molar-refractivity contribution < 1.29 is 23.7 Å². The number of esters is 1. The van der Waals surface area contributed by atoms with Gasteiger partial charge in [0.05, 0.1) is 19.0 Å². The van der Waals surface area contributed by atoms with Gasteiger partial charge < -0.3 is 18.9 Å². The van der Waals surface area contributed by atoms with E-state index in [4.69, 9.17) is 18.9 Å². The van der Waals surface area contributed by atoms with Crippen LogP contribution in [0.3, 0.4) is 0 Å². The number of imidazole rings is 1. The molecule has 160 valence electrons. The molecule has 3 heterocycles. The monoisotopic (exact) mass is 408 g/mol. The highest BCUT2D eigenvalue weighted by atomic mass is 16.6. The Morgan fingerprint density at radius 2 is 1.93 bits per heavy atom. The lowest BCUT2D eigenvalue weighted by Gasteiger charge is -2.21. The van der Waals surface area contributed by atoms with Crippen molar-refractivity contribution in [3.63, 3.8) is 0 Å². The smallest absolute Gasteiger partial charge is 0.302 e. The number of carbonyl (C=O) groups is 1. The first kappa shape index (κ1) is 21.4. The van der Waals surface area contributed by atoms with Gasteiger partial charge in [-0.05, 0) is 19.3 Å². The quantitative estimate of drug-likeness (QED) is 0.451. The van der Waals surface area contributed by atoms with Crippen LogP contribution in [0.1, 0.15) is 39.3 Å². The Hall–Kier alpha value is -2.30. The molecule has 29 heavy (non-hydrogen) atoms. The van der Waals surface area contributed by atoms with Crippen molar-refractivity contribution in [1.82, 2.24) is 19.1 Å². The Bertz CT molecular complexity index is 894. The molecule has 0 aliphatic carbocycles. The maximum Gasteiger partial charge on any atom is 0.302 e. The Morgan fingerprint density at radius 3 is 2.59 bits per heavy atom. The highest BCUT2D eigenvalue weighted by Crippen LogP contribution is 2.35. The van der Waals surface area contributed by atoms with Crippen LogP contribution in [0.15, 0.2) is 17.4 Å². The van der Waals surface area contributed by atoms with E-state index in [9.17, 15) is 9.59 Å². The summed E-state index contributed by atoms with van der Waals surface area (Å²) in [5, 5.41) is 0. The summed E-state index contributed by atoms with van der Waals surface area (Å²) in [4.78, 5) is 32.3. The van der Waals surface area contributed by atoms with Gasteiger partial charge in [-0.15, -0.1) is 0 Å². The Balaban J connectivity index is 1.79. The summed E-state index contributed by atoms with van der Waals surface area (Å²) in [5.41, 5.74) is 0.508. The summed E-state index contributed by atoms with van der Waals surface area (Å²) in [5.74, 6) is -0.305. The molecule has 0 radical (unpaired) electrons. The average Bonchev–Trinajstić information content (AvgIpc) is 3.29. The molecular weight excluding hydrogens is 380 g/mol. The summed E-state index contributed by atoms with van der Waals surface area (Å²) in [7, 11) is 3.25. The van der Waals surface area contributed by atoms with Crippen LogP contribution in [0.4, 0.5) is 0 Å². The van der Waals surface area contributed by atoms with Crippen molar-refractivity contribution in [2.75, 3.05) is 20.8 Å². The fraction of sp³-hybridized carbons (Fsp3) is 0.684. The van der Waals surface area contributed by atoms with Gasteiger partial charge in [0.15, 0.2) is 17.4 Å². The lowest BCUT2D eigenvalue weighted by Crippen LogP contribution is -2.35. The summed E-state index contributed by atoms with van der Waals surface area (Å²) < 4.78 is 25.5. The van der Waals surface area contributed by atoms with Gasteiger partial charge in [0.2, 0.25) is 0 Å². The average molecular weight is 408 g/mol. The van der Waals surface area contributed by atoms with E-state index in [-0.39, 0.29) is 35.4 Å². The van der Waals surface area contributed by atoms with Crippen molar-refractivity contribution in [2.24, 2.45) is 0 Å².